The average molecular weight is 482 g/mol. The Labute approximate surface area is 206 Å². The number of aromatic nitrogens is 2. The van der Waals surface area contributed by atoms with Crippen LogP contribution in [0.15, 0.2) is 36.7 Å². The molecule has 4 rings (SSSR count). The number of rotatable bonds is 6. The fourth-order valence-corrected chi connectivity index (χ4v) is 4.69. The Morgan fingerprint density at radius 3 is 2.37 bits per heavy atom. The Morgan fingerprint density at radius 1 is 1.00 bits per heavy atom. The second kappa shape index (κ2) is 10.6. The van der Waals surface area contributed by atoms with Crippen LogP contribution >= 0.6 is 0 Å². The van der Waals surface area contributed by atoms with E-state index in [0.717, 1.165) is 63.6 Å². The van der Waals surface area contributed by atoms with Crippen molar-refractivity contribution in [2.75, 3.05) is 49.1 Å². The Kier molecular flexibility index (Phi) is 7.54. The summed E-state index contributed by atoms with van der Waals surface area (Å²) in [5.74, 6) is -0.449. The number of carboxylic acids is 1. The number of carboxylic acid groups (broad SMARTS) is 1. The van der Waals surface area contributed by atoms with Gasteiger partial charge >= 0.3 is 11.9 Å². The van der Waals surface area contributed by atoms with Crippen LogP contribution in [0.3, 0.4) is 0 Å². The minimum absolute atomic E-state index is 0.0671. The molecular weight excluding hydrogens is 446 g/mol. The van der Waals surface area contributed by atoms with Crippen LogP contribution in [0, 0.1) is 0 Å². The Balaban J connectivity index is 1.34. The Hall–Kier alpha value is -3.20. The van der Waals surface area contributed by atoms with Gasteiger partial charge in [0.25, 0.3) is 0 Å². The Morgan fingerprint density at radius 2 is 1.77 bits per heavy atom. The van der Waals surface area contributed by atoms with E-state index in [4.69, 9.17) is 9.84 Å². The van der Waals surface area contributed by atoms with Gasteiger partial charge in [0.2, 0.25) is 0 Å². The van der Waals surface area contributed by atoms with Gasteiger partial charge in [0, 0.05) is 51.5 Å². The monoisotopic (exact) mass is 481 g/mol. The van der Waals surface area contributed by atoms with Crippen molar-refractivity contribution in [2.24, 2.45) is 0 Å². The maximum absolute atomic E-state index is 12.3. The number of anilines is 2. The lowest BCUT2D eigenvalue weighted by molar-refractivity contribution is 0.00689. The number of carbonyl (C=O) groups excluding carboxylic acids is 1. The molecule has 1 N–H and O–H groups in total. The first-order chi connectivity index (χ1) is 16.7. The van der Waals surface area contributed by atoms with E-state index in [2.05, 4.69) is 24.7 Å². The summed E-state index contributed by atoms with van der Waals surface area (Å²) in [6, 6.07) is 7.52. The van der Waals surface area contributed by atoms with Gasteiger partial charge in [0.15, 0.2) is 0 Å². The molecule has 4 heterocycles. The molecule has 2 aromatic rings. The largest absolute Gasteiger partial charge is 0.477 e. The molecule has 0 amide bonds. The maximum atomic E-state index is 12.3. The van der Waals surface area contributed by atoms with E-state index >= 15 is 0 Å². The molecule has 2 aromatic heterocycles. The van der Waals surface area contributed by atoms with E-state index in [1.54, 1.807) is 18.5 Å². The normalized spacial score (nSPS) is 19.5. The lowest BCUT2D eigenvalue weighted by Gasteiger charge is -2.42. The van der Waals surface area contributed by atoms with E-state index in [1.807, 2.05) is 39.0 Å². The van der Waals surface area contributed by atoms with Crippen LogP contribution in [0.5, 0.6) is 0 Å². The van der Waals surface area contributed by atoms with Gasteiger partial charge in [0.05, 0.1) is 17.4 Å². The van der Waals surface area contributed by atoms with Crippen LogP contribution in [-0.2, 0) is 4.74 Å². The molecule has 2 aliphatic heterocycles. The number of aromatic carboxylic acids is 1. The van der Waals surface area contributed by atoms with E-state index in [1.165, 1.54) is 6.42 Å². The highest BCUT2D eigenvalue weighted by Crippen LogP contribution is 2.25. The Bertz CT molecular complexity index is 1010. The second-order valence-electron chi connectivity index (χ2n) is 10.2. The molecule has 1 atom stereocenters. The second-order valence-corrected chi connectivity index (χ2v) is 10.2. The van der Waals surface area contributed by atoms with Crippen LogP contribution in [0.1, 0.15) is 60.9 Å². The van der Waals surface area contributed by atoms with Gasteiger partial charge in [-0.3, -0.25) is 4.90 Å². The summed E-state index contributed by atoms with van der Waals surface area (Å²) in [5.41, 5.74) is 0.968. The van der Waals surface area contributed by atoms with Crippen molar-refractivity contribution in [3.8, 4) is 0 Å². The number of pyridine rings is 2. The molecule has 9 nitrogen and oxygen atoms in total. The minimum Gasteiger partial charge on any atom is -0.477 e. The molecule has 35 heavy (non-hydrogen) atoms. The van der Waals surface area contributed by atoms with Gasteiger partial charge in [-0.05, 0) is 64.3 Å². The highest BCUT2D eigenvalue weighted by molar-refractivity contribution is 5.89. The van der Waals surface area contributed by atoms with Crippen LogP contribution < -0.4 is 9.80 Å². The van der Waals surface area contributed by atoms with E-state index < -0.39 is 11.6 Å². The van der Waals surface area contributed by atoms with Crippen molar-refractivity contribution in [1.29, 1.82) is 0 Å². The van der Waals surface area contributed by atoms with Crippen molar-refractivity contribution < 1.29 is 19.4 Å². The molecule has 0 spiro atoms. The zero-order chi connectivity index (χ0) is 25.0. The zero-order valence-corrected chi connectivity index (χ0v) is 20.8. The zero-order valence-electron chi connectivity index (χ0n) is 20.8. The number of ether oxygens (including phenoxy) is 1. The molecule has 2 saturated heterocycles. The van der Waals surface area contributed by atoms with E-state index in [9.17, 15) is 9.59 Å². The van der Waals surface area contributed by atoms with Crippen LogP contribution in [0.2, 0.25) is 0 Å². The lowest BCUT2D eigenvalue weighted by atomic mass is 10.0. The summed E-state index contributed by atoms with van der Waals surface area (Å²) in [6.45, 7) is 11.1. The summed E-state index contributed by atoms with van der Waals surface area (Å²) < 4.78 is 5.45. The third-order valence-corrected chi connectivity index (χ3v) is 6.48. The number of piperidine rings is 1. The van der Waals surface area contributed by atoms with Crippen molar-refractivity contribution in [3.63, 3.8) is 0 Å². The van der Waals surface area contributed by atoms with Crippen LogP contribution in [0.25, 0.3) is 0 Å². The molecule has 0 bridgehead atoms. The molecule has 0 aromatic carbocycles. The molecular formula is C26H35N5O4. The number of esters is 1. The summed E-state index contributed by atoms with van der Waals surface area (Å²) in [5, 5.41) is 9.05. The van der Waals surface area contributed by atoms with Crippen molar-refractivity contribution in [3.05, 3.63) is 47.9 Å². The van der Waals surface area contributed by atoms with Gasteiger partial charge in [0.1, 0.15) is 17.1 Å². The highest BCUT2D eigenvalue weighted by atomic mass is 16.6. The lowest BCUT2D eigenvalue weighted by Crippen LogP contribution is -2.53. The first kappa shape index (κ1) is 24.9. The minimum atomic E-state index is -1.01. The van der Waals surface area contributed by atoms with Gasteiger partial charge in [-0.15, -0.1) is 0 Å². The number of carbonyl (C=O) groups is 2. The smallest absolute Gasteiger partial charge is 0.354 e. The van der Waals surface area contributed by atoms with Gasteiger partial charge < -0.3 is 19.6 Å². The molecule has 0 saturated carbocycles. The fourth-order valence-electron chi connectivity index (χ4n) is 4.69. The predicted molar refractivity (Wildman–Crippen MR) is 134 cm³/mol. The van der Waals surface area contributed by atoms with Gasteiger partial charge in [-0.2, -0.15) is 0 Å². The van der Waals surface area contributed by atoms with E-state index in [0.29, 0.717) is 11.6 Å². The number of hydrogen-bond acceptors (Lipinski definition) is 8. The van der Waals surface area contributed by atoms with Gasteiger partial charge in [-0.1, -0.05) is 0 Å². The summed E-state index contributed by atoms with van der Waals surface area (Å²) in [4.78, 5) is 39.2. The highest BCUT2D eigenvalue weighted by Gasteiger charge is 2.28. The quantitative estimate of drug-likeness (QED) is 0.623. The first-order valence-corrected chi connectivity index (χ1v) is 12.3. The van der Waals surface area contributed by atoms with Crippen molar-refractivity contribution >= 4 is 23.4 Å². The third-order valence-electron chi connectivity index (χ3n) is 6.48. The van der Waals surface area contributed by atoms with Crippen LogP contribution in [0.4, 0.5) is 11.5 Å². The summed E-state index contributed by atoms with van der Waals surface area (Å²) in [6.07, 6.45) is 6.74. The van der Waals surface area contributed by atoms with Crippen molar-refractivity contribution in [1.82, 2.24) is 14.9 Å². The van der Waals surface area contributed by atoms with Gasteiger partial charge in [-0.25, -0.2) is 19.6 Å². The summed E-state index contributed by atoms with van der Waals surface area (Å²) >= 11 is 0. The third kappa shape index (κ3) is 6.48. The molecule has 9 heteroatoms. The molecule has 0 radical (unpaired) electrons. The number of hydrogen-bond donors (Lipinski definition) is 1. The molecule has 2 fully saturated rings. The SMILES string of the molecule is CC(C)(C)OC(=O)c1ccc(N2CCCCC2CN2CCN(c3ccc(C(=O)O)nc3)CC2)nc1. The van der Waals surface area contributed by atoms with Crippen LogP contribution in [-0.4, -0.2) is 82.8 Å². The molecule has 188 valence electrons. The summed E-state index contributed by atoms with van der Waals surface area (Å²) in [7, 11) is 0. The predicted octanol–water partition coefficient (Wildman–Crippen LogP) is 3.31. The van der Waals surface area contributed by atoms with Crippen molar-refractivity contribution in [2.45, 2.75) is 51.7 Å². The molecule has 2 aliphatic rings. The molecule has 1 unspecified atom stereocenters. The number of nitrogens with zero attached hydrogens (tertiary/aromatic N) is 5. The topological polar surface area (TPSA) is 99.1 Å². The average Bonchev–Trinajstić information content (AvgIpc) is 2.84. The first-order valence-electron chi connectivity index (χ1n) is 12.3. The van der Waals surface area contributed by atoms with E-state index in [-0.39, 0.29) is 11.7 Å². The number of piperazine rings is 1. The fraction of sp³-hybridized carbons (Fsp3) is 0.538. The molecule has 0 aliphatic carbocycles. The maximum Gasteiger partial charge on any atom is 0.354 e. The standard InChI is InChI=1S/C26H35N5O4/c1-26(2,3)35-25(34)19-7-10-23(28-16-19)31-11-5-4-6-21(31)18-29-12-14-30(15-13-29)20-8-9-22(24(32)33)27-17-20/h7-10,16-17,21H,4-6,11-15,18H2,1-3H3,(H,32,33).